The molecule has 0 atom stereocenters. The van der Waals surface area contributed by atoms with Gasteiger partial charge in [0.2, 0.25) is 6.41 Å². The van der Waals surface area contributed by atoms with Crippen LogP contribution in [0.2, 0.25) is 4.34 Å². The lowest BCUT2D eigenvalue weighted by Gasteiger charge is -2.21. The molecule has 0 fully saturated rings. The van der Waals surface area contributed by atoms with E-state index in [1.54, 1.807) is 0 Å². The molecule has 0 radical (unpaired) electrons. The average molecular weight is 374 g/mol. The topological polar surface area (TPSA) is 120 Å². The monoisotopic (exact) mass is 373 g/mol. The van der Waals surface area contributed by atoms with Crippen molar-refractivity contribution in [3.05, 3.63) is 28.3 Å². The number of carboxylic acid groups (broad SMARTS) is 2. The maximum Gasteiger partial charge on any atom is 0.328 e. The Morgan fingerprint density at radius 3 is 2.50 bits per heavy atom. The molecule has 0 unspecified atom stereocenters. The summed E-state index contributed by atoms with van der Waals surface area (Å²) in [5, 5.41) is 18.7. The maximum atomic E-state index is 10.3. The molecule has 0 saturated heterocycles. The highest BCUT2D eigenvalue weighted by Gasteiger charge is 2.17. The molecular weight excluding hydrogens is 358 g/mol. The Morgan fingerprint density at radius 1 is 1.38 bits per heavy atom. The number of nitrogens with zero attached hydrogens (tertiary/aromatic N) is 2. The Balaban J connectivity index is 0.000000307. The largest absolute Gasteiger partial charge is 0.478 e. The number of amides is 1. The zero-order chi connectivity index (χ0) is 18.1. The summed E-state index contributed by atoms with van der Waals surface area (Å²) in [6.07, 6.45) is 4.90. The Labute approximate surface area is 147 Å². The van der Waals surface area contributed by atoms with Gasteiger partial charge in [-0.05, 0) is 19.0 Å². The van der Waals surface area contributed by atoms with Gasteiger partial charge in [0.25, 0.3) is 0 Å². The second-order valence-electron chi connectivity index (χ2n) is 4.67. The number of rotatable bonds is 5. The Hall–Kier alpha value is -2.23. The first-order chi connectivity index (χ1) is 11.3. The number of carbonyl (C=O) groups is 3. The lowest BCUT2D eigenvalue weighted by molar-refractivity contribution is -0.134. The third-order valence-electron chi connectivity index (χ3n) is 2.78. The van der Waals surface area contributed by atoms with Crippen LogP contribution in [-0.4, -0.2) is 58.6 Å². The fourth-order valence-electron chi connectivity index (χ4n) is 1.82. The minimum Gasteiger partial charge on any atom is -0.478 e. The minimum atomic E-state index is -1.26. The number of anilines is 1. The van der Waals surface area contributed by atoms with Gasteiger partial charge in [-0.25, -0.2) is 14.6 Å². The van der Waals surface area contributed by atoms with Crippen molar-refractivity contribution in [3.8, 4) is 0 Å². The van der Waals surface area contributed by atoms with E-state index in [2.05, 4.69) is 28.3 Å². The van der Waals surface area contributed by atoms with Gasteiger partial charge in [0, 0.05) is 25.2 Å². The van der Waals surface area contributed by atoms with Crippen molar-refractivity contribution < 1.29 is 24.6 Å². The lowest BCUT2D eigenvalue weighted by Crippen LogP contribution is -2.25. The summed E-state index contributed by atoms with van der Waals surface area (Å²) >= 11 is 7.39. The number of hydrogen-bond acceptors (Lipinski definition) is 6. The van der Waals surface area contributed by atoms with E-state index in [9.17, 15) is 14.4 Å². The first-order valence-electron chi connectivity index (χ1n) is 6.72. The van der Waals surface area contributed by atoms with Crippen molar-refractivity contribution in [1.29, 1.82) is 0 Å². The summed E-state index contributed by atoms with van der Waals surface area (Å²) < 4.78 is 0.630. The van der Waals surface area contributed by atoms with E-state index in [0.29, 0.717) is 28.0 Å². The molecule has 130 valence electrons. The van der Waals surface area contributed by atoms with Gasteiger partial charge in [0.15, 0.2) is 5.13 Å². The highest BCUT2D eigenvalue weighted by atomic mass is 35.5. The molecule has 1 amide bonds. The molecule has 0 aliphatic carbocycles. The zero-order valence-corrected chi connectivity index (χ0v) is 14.3. The second kappa shape index (κ2) is 9.81. The van der Waals surface area contributed by atoms with Crippen LogP contribution in [-0.2, 0) is 14.4 Å². The van der Waals surface area contributed by atoms with Gasteiger partial charge < -0.3 is 20.4 Å². The molecule has 0 spiro atoms. The second-order valence-corrected chi connectivity index (χ2v) is 6.27. The van der Waals surface area contributed by atoms with Crippen LogP contribution in [0.3, 0.4) is 0 Å². The van der Waals surface area contributed by atoms with Crippen LogP contribution in [0.5, 0.6) is 0 Å². The third-order valence-corrected chi connectivity index (χ3v) is 3.97. The van der Waals surface area contributed by atoms with Crippen LogP contribution < -0.4 is 5.32 Å². The molecule has 24 heavy (non-hydrogen) atoms. The van der Waals surface area contributed by atoms with Gasteiger partial charge >= 0.3 is 11.9 Å². The van der Waals surface area contributed by atoms with E-state index in [0.717, 1.165) is 30.8 Å². The number of aromatic nitrogens is 1. The van der Waals surface area contributed by atoms with Gasteiger partial charge in [0.05, 0.1) is 5.69 Å². The fraction of sp³-hybridized carbons (Fsp3) is 0.286. The summed E-state index contributed by atoms with van der Waals surface area (Å²) in [5.74, 6) is -2.51. The number of likely N-dealkylation sites (N-methyl/N-ethyl adjacent to an activating group) is 1. The summed E-state index contributed by atoms with van der Waals surface area (Å²) in [6.45, 7) is 1.91. The molecular formula is C14H16ClN3O5S. The normalized spacial score (nSPS) is 14.5. The van der Waals surface area contributed by atoms with Crippen LogP contribution in [0, 0.1) is 0 Å². The summed E-state index contributed by atoms with van der Waals surface area (Å²) in [6, 6.07) is 0. The van der Waals surface area contributed by atoms with E-state index >= 15 is 0 Å². The molecule has 1 aromatic heterocycles. The fourth-order valence-corrected chi connectivity index (χ4v) is 2.89. The number of thiazole rings is 1. The van der Waals surface area contributed by atoms with Crippen LogP contribution >= 0.6 is 22.9 Å². The molecule has 0 bridgehead atoms. The number of aliphatic carboxylic acids is 2. The summed E-state index contributed by atoms with van der Waals surface area (Å²) in [4.78, 5) is 35.9. The predicted octanol–water partition coefficient (Wildman–Crippen LogP) is 1.80. The highest BCUT2D eigenvalue weighted by molar-refractivity contribution is 7.19. The molecule has 1 aliphatic heterocycles. The van der Waals surface area contributed by atoms with Crippen LogP contribution in [0.25, 0.3) is 5.57 Å². The lowest BCUT2D eigenvalue weighted by atomic mass is 10.1. The number of carboxylic acids is 2. The molecule has 1 aliphatic rings. The van der Waals surface area contributed by atoms with Gasteiger partial charge in [0.1, 0.15) is 4.34 Å². The molecule has 0 saturated carbocycles. The molecule has 2 heterocycles. The Morgan fingerprint density at radius 2 is 2.00 bits per heavy atom. The Kier molecular flexibility index (Phi) is 8.10. The van der Waals surface area contributed by atoms with Crippen LogP contribution in [0.4, 0.5) is 5.13 Å². The molecule has 10 heteroatoms. The summed E-state index contributed by atoms with van der Waals surface area (Å²) in [5.41, 5.74) is 1.93. The molecule has 0 aromatic carbocycles. The van der Waals surface area contributed by atoms with Crippen molar-refractivity contribution in [2.75, 3.05) is 25.5 Å². The highest BCUT2D eigenvalue weighted by Crippen LogP contribution is 2.33. The van der Waals surface area contributed by atoms with Crippen molar-refractivity contribution in [3.63, 3.8) is 0 Å². The number of halogens is 1. The molecule has 2 rings (SSSR count). The number of carbonyl (C=O) groups excluding carboxylic acids is 1. The van der Waals surface area contributed by atoms with E-state index in [-0.39, 0.29) is 0 Å². The van der Waals surface area contributed by atoms with Crippen molar-refractivity contribution in [2.45, 2.75) is 6.42 Å². The van der Waals surface area contributed by atoms with Crippen molar-refractivity contribution in [2.24, 2.45) is 0 Å². The first kappa shape index (κ1) is 19.8. The predicted molar refractivity (Wildman–Crippen MR) is 91.3 cm³/mol. The molecule has 8 nitrogen and oxygen atoms in total. The van der Waals surface area contributed by atoms with Gasteiger partial charge in [-0.15, -0.1) is 0 Å². The van der Waals surface area contributed by atoms with Crippen molar-refractivity contribution in [1.82, 2.24) is 9.88 Å². The minimum absolute atomic E-state index is 0.545. The Bertz CT molecular complexity index is 655. The quantitative estimate of drug-likeness (QED) is 0.531. The van der Waals surface area contributed by atoms with Gasteiger partial charge in [-0.3, -0.25) is 4.79 Å². The zero-order valence-electron chi connectivity index (χ0n) is 12.7. The van der Waals surface area contributed by atoms with E-state index < -0.39 is 11.9 Å². The van der Waals surface area contributed by atoms with Crippen molar-refractivity contribution >= 4 is 52.0 Å². The summed E-state index contributed by atoms with van der Waals surface area (Å²) in [7, 11) is 2.07. The maximum absolute atomic E-state index is 10.3. The number of hydrogen-bond donors (Lipinski definition) is 3. The van der Waals surface area contributed by atoms with E-state index in [1.807, 2.05) is 0 Å². The smallest absolute Gasteiger partial charge is 0.328 e. The van der Waals surface area contributed by atoms with Gasteiger partial charge in [-0.2, -0.15) is 0 Å². The van der Waals surface area contributed by atoms with E-state index in [1.165, 1.54) is 11.3 Å². The molecule has 1 aromatic rings. The SMILES string of the molecule is CN1CCC=C(c2nc(NC=O)sc2Cl)C1.O=C(O)C=CC(=O)O. The number of nitrogens with one attached hydrogen (secondary N) is 1. The van der Waals surface area contributed by atoms with E-state index in [4.69, 9.17) is 21.8 Å². The first-order valence-corrected chi connectivity index (χ1v) is 7.91. The third kappa shape index (κ3) is 6.90. The average Bonchev–Trinajstić information content (AvgIpc) is 2.87. The van der Waals surface area contributed by atoms with Gasteiger partial charge in [-0.1, -0.05) is 29.0 Å². The molecule has 3 N–H and O–H groups in total. The van der Waals surface area contributed by atoms with Crippen LogP contribution in [0.1, 0.15) is 12.1 Å². The standard InChI is InChI=1S/C10H12ClN3OS.C4H4O4/c1-14-4-2-3-7(5-14)8-9(11)16-10(13-8)12-6-15;5-3(6)1-2-4(7)8/h3,6H,2,4-5H2,1H3,(H,12,13,15);1-2H,(H,5,6)(H,7,8). The van der Waals surface area contributed by atoms with Crippen LogP contribution in [0.15, 0.2) is 18.2 Å².